The van der Waals surface area contributed by atoms with Crippen LogP contribution in [0.5, 0.6) is 0 Å². The molecule has 7 fully saturated rings. The Hall–Kier alpha value is -0.830. The van der Waals surface area contributed by atoms with Gasteiger partial charge in [0.15, 0.2) is 0 Å². The van der Waals surface area contributed by atoms with E-state index in [1.165, 1.54) is 19.3 Å². The average molecular weight is 395 g/mol. The molecule has 2 saturated heterocycles. The summed E-state index contributed by atoms with van der Waals surface area (Å²) in [6.07, 6.45) is 11.4. The van der Waals surface area contributed by atoms with Crippen molar-refractivity contribution in [2.75, 3.05) is 0 Å². The zero-order chi connectivity index (χ0) is 19.4. The Bertz CT molecular complexity index is 824. The van der Waals surface area contributed by atoms with Gasteiger partial charge >= 0.3 is 5.97 Å². The molecular weight excluding hydrogens is 360 g/mol. The fraction of sp³-hybridized carbons (Fsp3) is 0.885. The second-order valence-corrected chi connectivity index (χ2v) is 13.1. The summed E-state index contributed by atoms with van der Waals surface area (Å²) < 4.78 is 12.7. The van der Waals surface area contributed by atoms with E-state index in [4.69, 9.17) is 9.47 Å². The van der Waals surface area contributed by atoms with Crippen LogP contribution < -0.4 is 0 Å². The third-order valence-corrected chi connectivity index (χ3v) is 11.2. The SMILES string of the molecule is CC(C)(C)OC(=O)C1CC2CC1C1C3OC(C21)C1C2CC(C4C5C=CC(C5)C24)C31. The zero-order valence-electron chi connectivity index (χ0n) is 17.9. The van der Waals surface area contributed by atoms with Gasteiger partial charge in [-0.05, 0) is 117 Å². The number of esters is 1. The van der Waals surface area contributed by atoms with Crippen LogP contribution in [0.3, 0.4) is 0 Å². The highest BCUT2D eigenvalue weighted by Crippen LogP contribution is 2.77. The van der Waals surface area contributed by atoms with Crippen molar-refractivity contribution in [1.29, 1.82) is 0 Å². The third-order valence-electron chi connectivity index (χ3n) is 11.2. The molecule has 0 radical (unpaired) electrons. The third kappa shape index (κ3) is 1.82. The van der Waals surface area contributed by atoms with Crippen molar-refractivity contribution in [3.05, 3.63) is 12.2 Å². The van der Waals surface area contributed by atoms with E-state index in [2.05, 4.69) is 12.2 Å². The quantitative estimate of drug-likeness (QED) is 0.377. The minimum atomic E-state index is -0.372. The summed E-state index contributed by atoms with van der Waals surface area (Å²) >= 11 is 0. The van der Waals surface area contributed by atoms with Gasteiger partial charge in [-0.1, -0.05) is 12.2 Å². The van der Waals surface area contributed by atoms with Gasteiger partial charge in [-0.25, -0.2) is 0 Å². The van der Waals surface area contributed by atoms with Crippen LogP contribution in [0.4, 0.5) is 0 Å². The van der Waals surface area contributed by atoms with Crippen molar-refractivity contribution >= 4 is 5.97 Å². The van der Waals surface area contributed by atoms with Crippen molar-refractivity contribution in [3.63, 3.8) is 0 Å². The Morgan fingerprint density at radius 2 is 1.41 bits per heavy atom. The lowest BCUT2D eigenvalue weighted by Gasteiger charge is -2.48. The lowest BCUT2D eigenvalue weighted by Crippen LogP contribution is -2.51. The molecule has 8 rings (SSSR count). The predicted octanol–water partition coefficient (Wildman–Crippen LogP) is 4.32. The Morgan fingerprint density at radius 3 is 2.07 bits per heavy atom. The fourth-order valence-electron chi connectivity index (χ4n) is 11.2. The molecule has 0 aromatic heterocycles. The van der Waals surface area contributed by atoms with Crippen molar-refractivity contribution in [2.24, 2.45) is 76.9 Å². The molecule has 15 unspecified atom stereocenters. The molecule has 5 saturated carbocycles. The molecule has 29 heavy (non-hydrogen) atoms. The largest absolute Gasteiger partial charge is 0.460 e. The van der Waals surface area contributed by atoms with Gasteiger partial charge in [-0.3, -0.25) is 4.79 Å². The Kier molecular flexibility index (Phi) is 2.88. The Morgan fingerprint density at radius 1 is 0.793 bits per heavy atom. The van der Waals surface area contributed by atoms with E-state index in [0.717, 1.165) is 59.7 Å². The van der Waals surface area contributed by atoms with Crippen molar-refractivity contribution in [3.8, 4) is 0 Å². The van der Waals surface area contributed by atoms with E-state index in [1.807, 2.05) is 20.8 Å². The number of hydrogen-bond acceptors (Lipinski definition) is 3. The molecule has 3 nitrogen and oxygen atoms in total. The maximum Gasteiger partial charge on any atom is 0.309 e. The molecule has 15 atom stereocenters. The second-order valence-electron chi connectivity index (χ2n) is 13.1. The van der Waals surface area contributed by atoms with Crippen molar-refractivity contribution in [1.82, 2.24) is 0 Å². The average Bonchev–Trinajstić information content (AvgIpc) is 3.50. The summed E-state index contributed by atoms with van der Waals surface area (Å²) in [5.41, 5.74) is -0.372. The van der Waals surface area contributed by atoms with E-state index >= 15 is 0 Å². The van der Waals surface area contributed by atoms with Gasteiger partial charge in [0, 0.05) is 0 Å². The summed E-state index contributed by atoms with van der Waals surface area (Å²) in [7, 11) is 0. The van der Waals surface area contributed by atoms with Gasteiger partial charge in [0.1, 0.15) is 5.60 Å². The van der Waals surface area contributed by atoms with E-state index < -0.39 is 0 Å². The Labute approximate surface area is 174 Å². The van der Waals surface area contributed by atoms with E-state index in [1.54, 1.807) is 0 Å². The van der Waals surface area contributed by atoms with Crippen LogP contribution in [-0.4, -0.2) is 23.8 Å². The summed E-state index contributed by atoms with van der Waals surface area (Å²) in [5.74, 6) is 10.2. The van der Waals surface area contributed by atoms with Crippen LogP contribution in [0, 0.1) is 76.9 Å². The molecular formula is C26H34O3. The normalized spacial score (nSPS) is 64.0. The maximum absolute atomic E-state index is 13.0. The zero-order valence-corrected chi connectivity index (χ0v) is 17.9. The molecule has 0 aromatic rings. The number of allylic oxidation sites excluding steroid dienone is 2. The van der Waals surface area contributed by atoms with E-state index in [-0.39, 0.29) is 17.5 Å². The molecule has 0 spiro atoms. The van der Waals surface area contributed by atoms with Crippen molar-refractivity contribution < 1.29 is 14.3 Å². The number of carbonyl (C=O) groups is 1. The second kappa shape index (κ2) is 4.97. The molecule has 2 aliphatic heterocycles. The summed E-state index contributed by atoms with van der Waals surface area (Å²) in [6.45, 7) is 6.00. The first-order chi connectivity index (χ1) is 13.9. The molecule has 6 aliphatic carbocycles. The standard InChI is InChI=1S/C26H34O3/c1-26(2,3)29-25(27)14-8-12-7-13(14)20-19(12)23-21-15-9-16(22(21)24(20)28-23)18-11-5-4-10(6-11)17(15)18/h4-5,10-24H,6-9H2,1-3H3. The molecule has 0 N–H and O–H groups in total. The number of carbonyl (C=O) groups excluding carboxylic acids is 1. The number of ether oxygens (including phenoxy) is 2. The monoisotopic (exact) mass is 394 g/mol. The lowest BCUT2D eigenvalue weighted by molar-refractivity contribution is -0.163. The smallest absolute Gasteiger partial charge is 0.309 e. The number of rotatable bonds is 1. The van der Waals surface area contributed by atoms with Crippen LogP contribution in [0.25, 0.3) is 0 Å². The first-order valence-electron chi connectivity index (χ1n) is 12.5. The summed E-state index contributed by atoms with van der Waals surface area (Å²) in [6, 6.07) is 0. The first kappa shape index (κ1) is 16.8. The maximum atomic E-state index is 13.0. The van der Waals surface area contributed by atoms with Gasteiger partial charge in [0.2, 0.25) is 0 Å². The minimum absolute atomic E-state index is 0.0778. The number of hydrogen-bond donors (Lipinski definition) is 0. The Balaban J connectivity index is 1.10. The molecule has 0 amide bonds. The molecule has 8 aliphatic rings. The lowest BCUT2D eigenvalue weighted by atomic mass is 9.54. The molecule has 2 heterocycles. The highest BCUT2D eigenvalue weighted by Gasteiger charge is 2.77. The summed E-state index contributed by atoms with van der Waals surface area (Å²) in [4.78, 5) is 13.0. The predicted molar refractivity (Wildman–Crippen MR) is 107 cm³/mol. The van der Waals surface area contributed by atoms with Crippen LogP contribution in [0.15, 0.2) is 12.2 Å². The van der Waals surface area contributed by atoms with Gasteiger partial charge in [-0.2, -0.15) is 0 Å². The molecule has 0 aromatic carbocycles. The highest BCUT2D eigenvalue weighted by atomic mass is 16.6. The van der Waals surface area contributed by atoms with Gasteiger partial charge in [0.05, 0.1) is 18.1 Å². The molecule has 3 heteroatoms. The van der Waals surface area contributed by atoms with Gasteiger partial charge < -0.3 is 9.47 Å². The topological polar surface area (TPSA) is 35.5 Å². The van der Waals surface area contributed by atoms with Crippen LogP contribution in [-0.2, 0) is 14.3 Å². The summed E-state index contributed by atoms with van der Waals surface area (Å²) in [5, 5.41) is 0. The first-order valence-corrected chi connectivity index (χ1v) is 12.5. The minimum Gasteiger partial charge on any atom is -0.460 e. The van der Waals surface area contributed by atoms with Gasteiger partial charge in [-0.15, -0.1) is 0 Å². The van der Waals surface area contributed by atoms with Crippen molar-refractivity contribution in [2.45, 2.75) is 64.3 Å². The fourth-order valence-corrected chi connectivity index (χ4v) is 11.2. The molecule has 8 bridgehead atoms. The number of fused-ring (bicyclic) bond motifs is 23. The van der Waals surface area contributed by atoms with Crippen LogP contribution >= 0.6 is 0 Å². The molecule has 156 valence electrons. The van der Waals surface area contributed by atoms with Crippen LogP contribution in [0.1, 0.15) is 46.5 Å². The van der Waals surface area contributed by atoms with Gasteiger partial charge in [0.25, 0.3) is 0 Å². The van der Waals surface area contributed by atoms with E-state index in [0.29, 0.717) is 30.0 Å². The van der Waals surface area contributed by atoms with Crippen LogP contribution in [0.2, 0.25) is 0 Å². The highest BCUT2D eigenvalue weighted by molar-refractivity contribution is 5.74. The van der Waals surface area contributed by atoms with E-state index in [9.17, 15) is 4.79 Å².